The third-order valence-corrected chi connectivity index (χ3v) is 3.87. The molecule has 9 nitrogen and oxygen atoms in total. The molecule has 1 N–H and O–H groups in total. The maximum Gasteiger partial charge on any atom is 0.364 e. The van der Waals surface area contributed by atoms with Gasteiger partial charge in [0.15, 0.2) is 11.3 Å². The molecular weight excluding hydrogens is 400 g/mol. The Morgan fingerprint density at radius 3 is 2.64 bits per heavy atom. The molecule has 1 amide bonds. The number of methoxy groups -OCH3 is 1. The second kappa shape index (κ2) is 7.00. The first-order valence-corrected chi connectivity index (χ1v) is 8.05. The van der Waals surface area contributed by atoms with Crippen molar-refractivity contribution in [2.75, 3.05) is 12.4 Å². The Morgan fingerprint density at radius 1 is 1.32 bits per heavy atom. The number of nitrogens with one attached hydrogen (secondary N) is 1. The van der Waals surface area contributed by atoms with E-state index in [9.17, 15) is 23.7 Å². The zero-order valence-corrected chi connectivity index (χ0v) is 15.2. The van der Waals surface area contributed by atoms with Crippen molar-refractivity contribution in [2.24, 2.45) is 0 Å². The lowest BCUT2D eigenvalue weighted by Gasteiger charge is -2.10. The number of carbonyl (C=O) groups is 1. The van der Waals surface area contributed by atoms with Crippen LogP contribution in [0.5, 0.6) is 5.75 Å². The molecule has 0 aliphatic rings. The third-order valence-electron chi connectivity index (χ3n) is 3.67. The van der Waals surface area contributed by atoms with E-state index in [0.29, 0.717) is 0 Å². The zero-order chi connectivity index (χ0) is 20.6. The maximum absolute atomic E-state index is 13.6. The van der Waals surface area contributed by atoms with Crippen molar-refractivity contribution in [1.82, 2.24) is 14.6 Å². The van der Waals surface area contributed by atoms with Crippen LogP contribution in [-0.2, 0) is 5.38 Å². The molecule has 3 aromatic rings. The summed E-state index contributed by atoms with van der Waals surface area (Å²) in [7, 11) is 1.31. The minimum absolute atomic E-state index is 0.00269. The van der Waals surface area contributed by atoms with Gasteiger partial charge in [-0.2, -0.15) is 13.9 Å². The fourth-order valence-corrected chi connectivity index (χ4v) is 2.62. The van der Waals surface area contributed by atoms with Crippen LogP contribution in [0.1, 0.15) is 21.9 Å². The van der Waals surface area contributed by atoms with Crippen molar-refractivity contribution in [3.05, 3.63) is 57.5 Å². The Labute approximate surface area is 161 Å². The predicted octanol–water partition coefficient (Wildman–Crippen LogP) is 3.49. The quantitative estimate of drug-likeness (QED) is 0.390. The molecule has 0 saturated carbocycles. The van der Waals surface area contributed by atoms with Crippen LogP contribution in [0, 0.1) is 17.0 Å². The number of alkyl halides is 3. The number of halogens is 3. The van der Waals surface area contributed by atoms with Gasteiger partial charge in [-0.05, 0) is 24.6 Å². The monoisotopic (exact) mass is 411 g/mol. The summed E-state index contributed by atoms with van der Waals surface area (Å²) < 4.78 is 33.0. The van der Waals surface area contributed by atoms with Crippen molar-refractivity contribution in [1.29, 1.82) is 0 Å². The number of non-ortho nitro benzene ring substituents is 1. The number of aromatic nitrogens is 3. The topological polar surface area (TPSA) is 112 Å². The van der Waals surface area contributed by atoms with Crippen molar-refractivity contribution in [3.8, 4) is 5.75 Å². The van der Waals surface area contributed by atoms with Crippen LogP contribution in [0.25, 0.3) is 5.65 Å². The number of hydrogen-bond donors (Lipinski definition) is 1. The van der Waals surface area contributed by atoms with Crippen molar-refractivity contribution in [3.63, 3.8) is 0 Å². The smallest absolute Gasteiger partial charge is 0.364 e. The highest BCUT2D eigenvalue weighted by Gasteiger charge is 2.32. The molecule has 0 radical (unpaired) electrons. The molecule has 0 spiro atoms. The number of aryl methyl sites for hydroxylation is 1. The highest BCUT2D eigenvalue weighted by atomic mass is 35.5. The number of nitro groups is 1. The molecule has 28 heavy (non-hydrogen) atoms. The van der Waals surface area contributed by atoms with Gasteiger partial charge in [0, 0.05) is 23.9 Å². The number of benzene rings is 1. The molecule has 0 atom stereocenters. The van der Waals surface area contributed by atoms with Crippen molar-refractivity contribution < 1.29 is 23.2 Å². The number of amides is 1. The van der Waals surface area contributed by atoms with Gasteiger partial charge in [0.05, 0.1) is 23.8 Å². The molecule has 146 valence electrons. The molecule has 0 aliphatic carbocycles. The molecule has 0 saturated heterocycles. The van der Waals surface area contributed by atoms with Crippen molar-refractivity contribution in [2.45, 2.75) is 12.3 Å². The highest BCUT2D eigenvalue weighted by molar-refractivity contribution is 6.21. The lowest BCUT2D eigenvalue weighted by atomic mass is 10.2. The first kappa shape index (κ1) is 19.4. The summed E-state index contributed by atoms with van der Waals surface area (Å²) >= 11 is 5.11. The van der Waals surface area contributed by atoms with Gasteiger partial charge in [0.2, 0.25) is 0 Å². The van der Waals surface area contributed by atoms with E-state index >= 15 is 0 Å². The largest absolute Gasteiger partial charge is 0.496 e. The van der Waals surface area contributed by atoms with Crippen LogP contribution >= 0.6 is 11.6 Å². The maximum atomic E-state index is 13.6. The van der Waals surface area contributed by atoms with E-state index in [0.717, 1.165) is 16.6 Å². The van der Waals surface area contributed by atoms with Gasteiger partial charge in [-0.25, -0.2) is 9.50 Å². The molecule has 1 aromatic carbocycles. The number of nitro benzene ring substituents is 1. The number of ether oxygens (including phenoxy) is 1. The Balaban J connectivity index is 1.99. The SMILES string of the molecule is COc1cc(NC(=O)c2cc3nc(C)cc(C(F)(F)Cl)n3n2)cc([N+](=O)[O-])c1. The van der Waals surface area contributed by atoms with Crippen LogP contribution in [0.15, 0.2) is 30.3 Å². The Morgan fingerprint density at radius 2 is 2.04 bits per heavy atom. The molecule has 2 aromatic heterocycles. The third kappa shape index (κ3) is 3.83. The van der Waals surface area contributed by atoms with Crippen LogP contribution < -0.4 is 10.1 Å². The predicted molar refractivity (Wildman–Crippen MR) is 95.1 cm³/mol. The molecule has 0 unspecified atom stereocenters. The Hall–Kier alpha value is -3.34. The normalized spacial score (nSPS) is 11.5. The van der Waals surface area contributed by atoms with Gasteiger partial charge in [-0.3, -0.25) is 14.9 Å². The fraction of sp³-hybridized carbons (Fsp3) is 0.188. The summed E-state index contributed by atoms with van der Waals surface area (Å²) in [5.41, 5.74) is -0.847. The summed E-state index contributed by atoms with van der Waals surface area (Å²) in [6.45, 7) is 1.49. The molecule has 0 aliphatic heterocycles. The van der Waals surface area contributed by atoms with Crippen LogP contribution in [0.4, 0.5) is 20.2 Å². The molecule has 2 heterocycles. The molecule has 0 fully saturated rings. The molecule has 3 rings (SSSR count). The summed E-state index contributed by atoms with van der Waals surface area (Å²) in [5.74, 6) is -0.629. The number of carbonyl (C=O) groups excluding carboxylic acids is 1. The number of nitrogens with zero attached hydrogens (tertiary/aromatic N) is 4. The highest BCUT2D eigenvalue weighted by Crippen LogP contribution is 2.33. The van der Waals surface area contributed by atoms with Gasteiger partial charge in [0.1, 0.15) is 11.4 Å². The van der Waals surface area contributed by atoms with E-state index in [2.05, 4.69) is 15.4 Å². The Bertz CT molecular complexity index is 1100. The van der Waals surface area contributed by atoms with Gasteiger partial charge < -0.3 is 10.1 Å². The minimum atomic E-state index is -3.72. The van der Waals surface area contributed by atoms with E-state index in [4.69, 9.17) is 16.3 Å². The average molecular weight is 412 g/mol. The van der Waals surface area contributed by atoms with E-state index in [1.54, 1.807) is 0 Å². The summed E-state index contributed by atoms with van der Waals surface area (Å²) in [4.78, 5) is 26.8. The second-order valence-corrected chi connectivity index (χ2v) is 6.19. The number of fused-ring (bicyclic) bond motifs is 1. The van der Waals surface area contributed by atoms with Crippen molar-refractivity contribution >= 4 is 34.5 Å². The molecule has 0 bridgehead atoms. The average Bonchev–Trinajstić information content (AvgIpc) is 3.03. The molecule has 12 heteroatoms. The van der Waals surface area contributed by atoms with E-state index < -0.39 is 21.9 Å². The Kier molecular flexibility index (Phi) is 4.86. The van der Waals surface area contributed by atoms with Crippen LogP contribution in [0.2, 0.25) is 0 Å². The first-order chi connectivity index (χ1) is 13.1. The van der Waals surface area contributed by atoms with Gasteiger partial charge in [0.25, 0.3) is 11.6 Å². The van der Waals surface area contributed by atoms with E-state index in [-0.39, 0.29) is 34.2 Å². The first-order valence-electron chi connectivity index (χ1n) is 7.68. The van der Waals surface area contributed by atoms with Crippen LogP contribution in [-0.4, -0.2) is 32.5 Å². The van der Waals surface area contributed by atoms with Crippen LogP contribution in [0.3, 0.4) is 0 Å². The lowest BCUT2D eigenvalue weighted by molar-refractivity contribution is -0.384. The number of hydrogen-bond acceptors (Lipinski definition) is 6. The van der Waals surface area contributed by atoms with Gasteiger partial charge in [-0.15, -0.1) is 0 Å². The summed E-state index contributed by atoms with van der Waals surface area (Å²) in [6, 6.07) is 5.92. The van der Waals surface area contributed by atoms with E-state index in [1.165, 1.54) is 32.2 Å². The standard InChI is InChI=1S/C16H12ClF2N5O4/c1-8-3-13(16(17,18)19)23-14(20-8)7-12(22-23)15(25)21-9-4-10(24(26)27)6-11(5-9)28-2/h3-7H,1-2H3,(H,21,25). The summed E-state index contributed by atoms with van der Waals surface area (Å²) in [6.07, 6.45) is 0. The summed E-state index contributed by atoms with van der Waals surface area (Å²) in [5, 5.41) is 13.5. The lowest BCUT2D eigenvalue weighted by Crippen LogP contribution is -2.15. The van der Waals surface area contributed by atoms with E-state index in [1.807, 2.05) is 0 Å². The van der Waals surface area contributed by atoms with Gasteiger partial charge >= 0.3 is 5.38 Å². The fourth-order valence-electron chi connectivity index (χ4n) is 2.49. The number of rotatable bonds is 5. The number of anilines is 1. The zero-order valence-electron chi connectivity index (χ0n) is 14.4. The minimum Gasteiger partial charge on any atom is -0.496 e. The second-order valence-electron chi connectivity index (χ2n) is 5.71. The molecular formula is C16H12ClF2N5O4. The van der Waals surface area contributed by atoms with Gasteiger partial charge in [-0.1, -0.05) is 0 Å².